The summed E-state index contributed by atoms with van der Waals surface area (Å²) in [5, 5.41) is 11.3. The van der Waals surface area contributed by atoms with Crippen LogP contribution >= 0.6 is 11.6 Å². The van der Waals surface area contributed by atoms with Crippen LogP contribution in [0.5, 0.6) is 5.75 Å². The van der Waals surface area contributed by atoms with Crippen LogP contribution in [0.1, 0.15) is 16.8 Å². The number of hydrogen-bond acceptors (Lipinski definition) is 4. The van der Waals surface area contributed by atoms with Gasteiger partial charge in [-0.1, -0.05) is 29.8 Å². The highest BCUT2D eigenvalue weighted by molar-refractivity contribution is 6.30. The second kappa shape index (κ2) is 7.94. The number of nitrogens with zero attached hydrogens (tertiary/aromatic N) is 2. The average Bonchev–Trinajstić information content (AvgIpc) is 3.38. The quantitative estimate of drug-likeness (QED) is 0.689. The van der Waals surface area contributed by atoms with E-state index in [-0.39, 0.29) is 11.9 Å². The number of aromatic nitrogens is 2. The molecule has 0 aliphatic carbocycles. The average molecular weight is 397 g/mol. The molecule has 4 rings (SSSR count). The minimum Gasteiger partial charge on any atom is -0.497 e. The van der Waals surface area contributed by atoms with Crippen LogP contribution in [0.25, 0.3) is 11.3 Å². The Bertz CT molecular complexity index is 971. The van der Waals surface area contributed by atoms with Gasteiger partial charge in [0.25, 0.3) is 5.91 Å². The summed E-state index contributed by atoms with van der Waals surface area (Å²) in [7, 11) is 1.59. The lowest BCUT2D eigenvalue weighted by Gasteiger charge is -2.16. The Labute approximate surface area is 168 Å². The predicted octanol–water partition coefficient (Wildman–Crippen LogP) is 3.75. The molecule has 6 nitrogen and oxygen atoms in total. The van der Waals surface area contributed by atoms with Crippen molar-refractivity contribution in [2.24, 2.45) is 0 Å². The van der Waals surface area contributed by atoms with E-state index in [0.717, 1.165) is 36.6 Å². The van der Waals surface area contributed by atoms with Crippen molar-refractivity contribution in [1.29, 1.82) is 0 Å². The van der Waals surface area contributed by atoms with Crippen LogP contribution < -0.4 is 15.0 Å². The zero-order valence-corrected chi connectivity index (χ0v) is 16.2. The van der Waals surface area contributed by atoms with Crippen molar-refractivity contribution in [2.45, 2.75) is 12.5 Å². The lowest BCUT2D eigenvalue weighted by atomic mass is 10.1. The fourth-order valence-corrected chi connectivity index (χ4v) is 3.50. The molecule has 2 heterocycles. The Morgan fingerprint density at radius 2 is 2.07 bits per heavy atom. The normalized spacial score (nSPS) is 16.2. The van der Waals surface area contributed by atoms with Crippen molar-refractivity contribution in [3.63, 3.8) is 0 Å². The van der Waals surface area contributed by atoms with Crippen LogP contribution in [-0.4, -0.2) is 42.3 Å². The van der Waals surface area contributed by atoms with Crippen LogP contribution in [0.2, 0.25) is 5.02 Å². The SMILES string of the molecule is COc1cccc(C(=O)N[C@H]2CCN(c3cc(-c4ccc(Cl)cc4)[nH]n3)C2)c1. The Balaban J connectivity index is 1.39. The number of benzene rings is 2. The van der Waals surface area contributed by atoms with Crippen molar-refractivity contribution in [3.05, 3.63) is 65.2 Å². The molecule has 1 fully saturated rings. The monoisotopic (exact) mass is 396 g/mol. The number of hydrogen-bond donors (Lipinski definition) is 2. The van der Waals surface area contributed by atoms with Crippen molar-refractivity contribution >= 4 is 23.3 Å². The third-order valence-electron chi connectivity index (χ3n) is 4.90. The van der Waals surface area contributed by atoms with E-state index in [9.17, 15) is 4.79 Å². The smallest absolute Gasteiger partial charge is 0.251 e. The molecule has 7 heteroatoms. The molecule has 2 aromatic carbocycles. The summed E-state index contributed by atoms with van der Waals surface area (Å²) in [5.41, 5.74) is 2.57. The Morgan fingerprint density at radius 1 is 1.25 bits per heavy atom. The van der Waals surface area contributed by atoms with Gasteiger partial charge in [-0.2, -0.15) is 5.10 Å². The second-order valence-corrected chi connectivity index (χ2v) is 7.22. The van der Waals surface area contributed by atoms with E-state index in [1.165, 1.54) is 0 Å². The third-order valence-corrected chi connectivity index (χ3v) is 5.15. The molecule has 1 saturated heterocycles. The van der Waals surface area contributed by atoms with Gasteiger partial charge in [0.15, 0.2) is 5.82 Å². The van der Waals surface area contributed by atoms with Gasteiger partial charge in [0.05, 0.1) is 12.8 Å². The van der Waals surface area contributed by atoms with E-state index in [4.69, 9.17) is 16.3 Å². The highest BCUT2D eigenvalue weighted by atomic mass is 35.5. The Morgan fingerprint density at radius 3 is 2.86 bits per heavy atom. The number of halogens is 1. The molecule has 0 spiro atoms. The lowest BCUT2D eigenvalue weighted by Crippen LogP contribution is -2.37. The third kappa shape index (κ3) is 3.97. The summed E-state index contributed by atoms with van der Waals surface area (Å²) in [6.45, 7) is 1.56. The van der Waals surface area contributed by atoms with E-state index >= 15 is 0 Å². The number of aromatic amines is 1. The zero-order chi connectivity index (χ0) is 19.5. The van der Waals surface area contributed by atoms with Gasteiger partial charge in [0.1, 0.15) is 5.75 Å². The molecule has 2 N–H and O–H groups in total. The highest BCUT2D eigenvalue weighted by Crippen LogP contribution is 2.25. The van der Waals surface area contributed by atoms with Crippen molar-refractivity contribution in [2.75, 3.05) is 25.1 Å². The van der Waals surface area contributed by atoms with E-state index < -0.39 is 0 Å². The molecule has 1 atom stereocenters. The fraction of sp³-hybridized carbons (Fsp3) is 0.238. The topological polar surface area (TPSA) is 70.2 Å². The van der Waals surface area contributed by atoms with Gasteiger partial charge in [-0.15, -0.1) is 0 Å². The van der Waals surface area contributed by atoms with Crippen molar-refractivity contribution < 1.29 is 9.53 Å². The number of rotatable bonds is 5. The molecule has 1 aliphatic rings. The van der Waals surface area contributed by atoms with E-state index in [1.54, 1.807) is 19.2 Å². The summed E-state index contributed by atoms with van der Waals surface area (Å²) in [6.07, 6.45) is 0.874. The number of methoxy groups -OCH3 is 1. The van der Waals surface area contributed by atoms with E-state index in [1.807, 2.05) is 42.5 Å². The zero-order valence-electron chi connectivity index (χ0n) is 15.5. The van der Waals surface area contributed by atoms with Gasteiger partial charge in [-0.25, -0.2) is 0 Å². The number of carbonyl (C=O) groups is 1. The lowest BCUT2D eigenvalue weighted by molar-refractivity contribution is 0.0940. The first-order valence-corrected chi connectivity index (χ1v) is 9.51. The number of ether oxygens (including phenoxy) is 1. The number of carbonyl (C=O) groups excluding carboxylic acids is 1. The van der Waals surface area contributed by atoms with Crippen LogP contribution in [0.4, 0.5) is 5.82 Å². The summed E-state index contributed by atoms with van der Waals surface area (Å²) in [6, 6.07) is 16.9. The van der Waals surface area contributed by atoms with E-state index in [0.29, 0.717) is 16.3 Å². The van der Waals surface area contributed by atoms with Gasteiger partial charge in [-0.3, -0.25) is 9.89 Å². The maximum Gasteiger partial charge on any atom is 0.251 e. The molecule has 0 radical (unpaired) electrons. The molecular formula is C21H21ClN4O2. The standard InChI is InChI=1S/C21H21ClN4O2/c1-28-18-4-2-3-15(11-18)21(27)23-17-9-10-26(13-17)20-12-19(24-25-20)14-5-7-16(22)8-6-14/h2-8,11-12,17H,9-10,13H2,1H3,(H,23,27)(H,24,25)/t17-/m0/s1. The molecule has 28 heavy (non-hydrogen) atoms. The minimum atomic E-state index is -0.0883. The molecule has 144 valence electrons. The summed E-state index contributed by atoms with van der Waals surface area (Å²) >= 11 is 5.95. The summed E-state index contributed by atoms with van der Waals surface area (Å²) < 4.78 is 5.19. The van der Waals surface area contributed by atoms with Gasteiger partial charge in [0, 0.05) is 35.8 Å². The van der Waals surface area contributed by atoms with Gasteiger partial charge in [0.2, 0.25) is 0 Å². The second-order valence-electron chi connectivity index (χ2n) is 6.78. The maximum absolute atomic E-state index is 12.5. The largest absolute Gasteiger partial charge is 0.497 e. The summed E-state index contributed by atoms with van der Waals surface area (Å²) in [5.74, 6) is 1.46. The van der Waals surface area contributed by atoms with Crippen LogP contribution in [-0.2, 0) is 0 Å². The molecule has 3 aromatic rings. The highest BCUT2D eigenvalue weighted by Gasteiger charge is 2.26. The predicted molar refractivity (Wildman–Crippen MR) is 110 cm³/mol. The number of amides is 1. The van der Waals surface area contributed by atoms with Crippen LogP contribution in [0.15, 0.2) is 54.6 Å². The molecule has 0 bridgehead atoms. The summed E-state index contributed by atoms with van der Waals surface area (Å²) in [4.78, 5) is 14.7. The first kappa shape index (κ1) is 18.4. The van der Waals surface area contributed by atoms with Gasteiger partial charge in [-0.05, 0) is 42.3 Å². The maximum atomic E-state index is 12.5. The van der Waals surface area contributed by atoms with Gasteiger partial charge < -0.3 is 15.0 Å². The molecule has 0 unspecified atom stereocenters. The molecular weight excluding hydrogens is 376 g/mol. The van der Waals surface area contributed by atoms with Gasteiger partial charge >= 0.3 is 0 Å². The van der Waals surface area contributed by atoms with Crippen LogP contribution in [0.3, 0.4) is 0 Å². The first-order valence-electron chi connectivity index (χ1n) is 9.13. The first-order chi connectivity index (χ1) is 13.6. The van der Waals surface area contributed by atoms with Crippen molar-refractivity contribution in [3.8, 4) is 17.0 Å². The van der Waals surface area contributed by atoms with Crippen molar-refractivity contribution in [1.82, 2.24) is 15.5 Å². The Hall–Kier alpha value is -2.99. The minimum absolute atomic E-state index is 0.0781. The number of nitrogens with one attached hydrogen (secondary N) is 2. The van der Waals surface area contributed by atoms with E-state index in [2.05, 4.69) is 20.4 Å². The molecule has 1 amide bonds. The fourth-order valence-electron chi connectivity index (χ4n) is 3.37. The number of H-pyrrole nitrogens is 1. The molecule has 1 aromatic heterocycles. The number of anilines is 1. The Kier molecular flexibility index (Phi) is 5.21. The van der Waals surface area contributed by atoms with Crippen LogP contribution in [0, 0.1) is 0 Å². The molecule has 1 aliphatic heterocycles. The molecule has 0 saturated carbocycles.